The summed E-state index contributed by atoms with van der Waals surface area (Å²) in [4.78, 5) is 12.4. The number of aromatic nitrogens is 1. The van der Waals surface area contributed by atoms with E-state index in [-0.39, 0.29) is 17.5 Å². The lowest BCUT2D eigenvalue weighted by Crippen LogP contribution is -2.12. The first kappa shape index (κ1) is 16.6. The maximum atomic E-state index is 12.4. The molecular formula is C19H18N2O4. The minimum absolute atomic E-state index is 0.0820. The summed E-state index contributed by atoms with van der Waals surface area (Å²) in [5.74, 6) is 0.684. The number of benzene rings is 2. The van der Waals surface area contributed by atoms with Crippen molar-refractivity contribution in [2.45, 2.75) is 13.3 Å². The number of nitrogens with one attached hydrogen (secondary N) is 1. The Bertz CT molecular complexity index is 871. The molecule has 0 unspecified atom stereocenters. The number of nitrogens with zero attached hydrogens (tertiary/aromatic N) is 1. The fourth-order valence-electron chi connectivity index (χ4n) is 2.65. The summed E-state index contributed by atoms with van der Waals surface area (Å²) in [6.07, 6.45) is 2.08. The number of hydrogen-bond acceptors (Lipinski definition) is 5. The zero-order chi connectivity index (χ0) is 17.8. The lowest BCUT2D eigenvalue weighted by molar-refractivity contribution is 0.102. The Kier molecular flexibility index (Phi) is 4.70. The van der Waals surface area contributed by atoms with Crippen molar-refractivity contribution in [3.05, 3.63) is 59.8 Å². The van der Waals surface area contributed by atoms with Crippen molar-refractivity contribution in [1.82, 2.24) is 5.16 Å². The number of carbonyl (C=O) groups is 1. The van der Waals surface area contributed by atoms with Crippen LogP contribution in [0.3, 0.4) is 0 Å². The van der Waals surface area contributed by atoms with E-state index in [1.54, 1.807) is 19.2 Å². The molecule has 128 valence electrons. The molecule has 1 heterocycles. The van der Waals surface area contributed by atoms with Crippen LogP contribution in [0, 0.1) is 0 Å². The lowest BCUT2D eigenvalue weighted by atomic mass is 9.94. The molecule has 0 aliphatic carbocycles. The van der Waals surface area contributed by atoms with Crippen molar-refractivity contribution >= 4 is 11.8 Å². The van der Waals surface area contributed by atoms with Crippen molar-refractivity contribution in [2.24, 2.45) is 0 Å². The fourth-order valence-corrected chi connectivity index (χ4v) is 2.65. The van der Waals surface area contributed by atoms with Crippen LogP contribution in [-0.2, 0) is 6.42 Å². The van der Waals surface area contributed by atoms with Gasteiger partial charge in [-0.15, -0.1) is 0 Å². The highest BCUT2D eigenvalue weighted by molar-refractivity contribution is 6.04. The van der Waals surface area contributed by atoms with Gasteiger partial charge in [0.15, 0.2) is 0 Å². The Labute approximate surface area is 145 Å². The molecule has 0 saturated carbocycles. The summed E-state index contributed by atoms with van der Waals surface area (Å²) in [7, 11) is 1.60. The number of aromatic hydroxyl groups is 1. The third-order valence-corrected chi connectivity index (χ3v) is 3.92. The molecule has 25 heavy (non-hydrogen) atoms. The van der Waals surface area contributed by atoms with Gasteiger partial charge in [0.25, 0.3) is 5.91 Å². The van der Waals surface area contributed by atoms with E-state index < -0.39 is 0 Å². The van der Waals surface area contributed by atoms with Crippen LogP contribution in [0.4, 0.5) is 5.88 Å². The molecule has 0 spiro atoms. The molecule has 6 nitrogen and oxygen atoms in total. The van der Waals surface area contributed by atoms with Gasteiger partial charge in [-0.2, -0.15) is 0 Å². The first-order valence-corrected chi connectivity index (χ1v) is 7.84. The van der Waals surface area contributed by atoms with Crippen molar-refractivity contribution in [3.8, 4) is 22.6 Å². The van der Waals surface area contributed by atoms with Crippen molar-refractivity contribution in [2.75, 3.05) is 12.4 Å². The van der Waals surface area contributed by atoms with E-state index in [4.69, 9.17) is 9.26 Å². The van der Waals surface area contributed by atoms with E-state index >= 15 is 0 Å². The van der Waals surface area contributed by atoms with Gasteiger partial charge in [0.1, 0.15) is 11.5 Å². The average molecular weight is 338 g/mol. The molecule has 1 aromatic heterocycles. The highest BCUT2D eigenvalue weighted by Crippen LogP contribution is 2.33. The number of ether oxygens (including phenoxy) is 1. The molecule has 3 aromatic rings. The van der Waals surface area contributed by atoms with Crippen molar-refractivity contribution in [1.29, 1.82) is 0 Å². The van der Waals surface area contributed by atoms with E-state index in [0.29, 0.717) is 12.0 Å². The second kappa shape index (κ2) is 7.09. The van der Waals surface area contributed by atoms with Crippen LogP contribution >= 0.6 is 0 Å². The van der Waals surface area contributed by atoms with Gasteiger partial charge in [0, 0.05) is 17.2 Å². The van der Waals surface area contributed by atoms with E-state index in [9.17, 15) is 9.90 Å². The molecule has 0 atom stereocenters. The maximum Gasteiger partial charge on any atom is 0.258 e. The molecule has 3 rings (SSSR count). The summed E-state index contributed by atoms with van der Waals surface area (Å²) in [6.45, 7) is 1.95. The third kappa shape index (κ3) is 3.47. The molecule has 0 aliphatic rings. The number of methoxy groups -OCH3 is 1. The molecule has 6 heteroatoms. The Morgan fingerprint density at radius 3 is 2.60 bits per heavy atom. The molecule has 1 amide bonds. The number of rotatable bonds is 5. The Hall–Kier alpha value is -3.28. The molecule has 0 radical (unpaired) electrons. The van der Waals surface area contributed by atoms with E-state index in [1.807, 2.05) is 31.2 Å². The predicted molar refractivity (Wildman–Crippen MR) is 93.9 cm³/mol. The fraction of sp³-hybridized carbons (Fsp3) is 0.158. The molecule has 2 N–H and O–H groups in total. The third-order valence-electron chi connectivity index (χ3n) is 3.92. The van der Waals surface area contributed by atoms with Gasteiger partial charge in [-0.3, -0.25) is 10.1 Å². The largest absolute Gasteiger partial charge is 0.508 e. The normalized spacial score (nSPS) is 10.5. The summed E-state index contributed by atoms with van der Waals surface area (Å²) >= 11 is 0. The van der Waals surface area contributed by atoms with Gasteiger partial charge >= 0.3 is 0 Å². The van der Waals surface area contributed by atoms with E-state index in [0.717, 1.165) is 22.4 Å². The minimum Gasteiger partial charge on any atom is -0.508 e. The number of hydrogen-bond donors (Lipinski definition) is 2. The number of carbonyl (C=O) groups excluding carboxylic acids is 1. The van der Waals surface area contributed by atoms with Crippen LogP contribution in [0.5, 0.6) is 11.5 Å². The van der Waals surface area contributed by atoms with Gasteiger partial charge in [-0.1, -0.05) is 24.2 Å². The standard InChI is InChI=1S/C19H18N2O4/c1-3-15-16(12-4-6-14(24-2)7-5-12)10-13(11-17(15)22)19(23)21-18-8-9-20-25-18/h4-11,22H,3H2,1-2H3,(H,21,23). The van der Waals surface area contributed by atoms with Crippen LogP contribution in [0.25, 0.3) is 11.1 Å². The van der Waals surface area contributed by atoms with Crippen LogP contribution in [0.1, 0.15) is 22.8 Å². The second-order valence-corrected chi connectivity index (χ2v) is 5.43. The van der Waals surface area contributed by atoms with Crippen LogP contribution in [0.15, 0.2) is 53.2 Å². The maximum absolute atomic E-state index is 12.4. The summed E-state index contributed by atoms with van der Waals surface area (Å²) < 4.78 is 10.1. The van der Waals surface area contributed by atoms with Gasteiger partial charge in [-0.25, -0.2) is 0 Å². The first-order chi connectivity index (χ1) is 12.1. The predicted octanol–water partition coefficient (Wildman–Crippen LogP) is 3.87. The van der Waals surface area contributed by atoms with Crippen LogP contribution in [-0.4, -0.2) is 23.3 Å². The van der Waals surface area contributed by atoms with Gasteiger partial charge < -0.3 is 14.4 Å². The highest BCUT2D eigenvalue weighted by atomic mass is 16.5. The Morgan fingerprint density at radius 1 is 1.24 bits per heavy atom. The molecule has 2 aromatic carbocycles. The Balaban J connectivity index is 2.01. The van der Waals surface area contributed by atoms with Gasteiger partial charge in [0.05, 0.1) is 13.3 Å². The average Bonchev–Trinajstić information content (AvgIpc) is 3.14. The number of amides is 1. The van der Waals surface area contributed by atoms with Crippen molar-refractivity contribution < 1.29 is 19.2 Å². The number of phenolic OH excluding ortho intramolecular Hbond substituents is 1. The molecule has 0 fully saturated rings. The highest BCUT2D eigenvalue weighted by Gasteiger charge is 2.16. The Morgan fingerprint density at radius 2 is 2.00 bits per heavy atom. The van der Waals surface area contributed by atoms with E-state index in [1.165, 1.54) is 12.3 Å². The monoisotopic (exact) mass is 338 g/mol. The van der Waals surface area contributed by atoms with Crippen LogP contribution < -0.4 is 10.1 Å². The zero-order valence-electron chi connectivity index (χ0n) is 13.9. The quantitative estimate of drug-likeness (QED) is 0.738. The topological polar surface area (TPSA) is 84.6 Å². The zero-order valence-corrected chi connectivity index (χ0v) is 13.9. The molecule has 0 aliphatic heterocycles. The minimum atomic E-state index is -0.385. The smallest absolute Gasteiger partial charge is 0.258 e. The summed E-state index contributed by atoms with van der Waals surface area (Å²) in [6, 6.07) is 12.2. The molecule has 0 bridgehead atoms. The first-order valence-electron chi connectivity index (χ1n) is 7.84. The second-order valence-electron chi connectivity index (χ2n) is 5.43. The van der Waals surface area contributed by atoms with E-state index in [2.05, 4.69) is 10.5 Å². The van der Waals surface area contributed by atoms with Crippen LogP contribution in [0.2, 0.25) is 0 Å². The summed E-state index contributed by atoms with van der Waals surface area (Å²) in [5, 5.41) is 16.5. The molecular weight excluding hydrogens is 320 g/mol. The van der Waals surface area contributed by atoms with Crippen molar-refractivity contribution in [3.63, 3.8) is 0 Å². The van der Waals surface area contributed by atoms with Gasteiger partial charge in [-0.05, 0) is 41.8 Å². The number of anilines is 1. The number of phenols is 1. The SMILES string of the molecule is CCc1c(O)cc(C(=O)Nc2ccno2)cc1-c1ccc(OC)cc1. The van der Waals surface area contributed by atoms with Gasteiger partial charge in [0.2, 0.25) is 5.88 Å². The molecule has 0 saturated heterocycles. The summed E-state index contributed by atoms with van der Waals surface area (Å²) in [5.41, 5.74) is 2.80. The lowest BCUT2D eigenvalue weighted by Gasteiger charge is -2.13.